The predicted octanol–water partition coefficient (Wildman–Crippen LogP) is 3.35. The van der Waals surface area contributed by atoms with Gasteiger partial charge in [-0.2, -0.15) is 0 Å². The molecule has 3 aliphatic heterocycles. The molecular weight excluding hydrogens is 327 g/mol. The quantitative estimate of drug-likeness (QED) is 0.853. The zero-order valence-electron chi connectivity index (χ0n) is 13.8. The Bertz CT molecular complexity index is 749. The van der Waals surface area contributed by atoms with Gasteiger partial charge in [0.25, 0.3) is 0 Å². The molecule has 126 valence electrons. The fraction of sp³-hybridized carbons (Fsp3) is 0.444. The monoisotopic (exact) mass is 346 g/mol. The van der Waals surface area contributed by atoms with Gasteiger partial charge < -0.3 is 4.90 Å². The van der Waals surface area contributed by atoms with E-state index in [1.54, 1.807) is 18.5 Å². The summed E-state index contributed by atoms with van der Waals surface area (Å²) in [4.78, 5) is 13.4. The van der Waals surface area contributed by atoms with Gasteiger partial charge in [-0.3, -0.25) is 4.90 Å². The van der Waals surface area contributed by atoms with Crippen LogP contribution in [-0.4, -0.2) is 40.0 Å². The van der Waals surface area contributed by atoms with Gasteiger partial charge in [0.05, 0.1) is 0 Å². The first-order valence-electron chi connectivity index (χ1n) is 8.26. The van der Waals surface area contributed by atoms with E-state index >= 15 is 0 Å². The lowest BCUT2D eigenvalue weighted by Crippen LogP contribution is -2.68. The predicted molar refractivity (Wildman–Crippen MR) is 92.9 cm³/mol. The molecule has 0 amide bonds. The summed E-state index contributed by atoms with van der Waals surface area (Å²) in [5, 5.41) is 0.513. The summed E-state index contributed by atoms with van der Waals surface area (Å²) in [6, 6.07) is 5.74. The van der Waals surface area contributed by atoms with E-state index < -0.39 is 0 Å². The molecule has 2 atom stereocenters. The highest BCUT2D eigenvalue weighted by molar-refractivity contribution is 6.31. The standard InChI is InChI=1S/C18H20ClFN4/c1-11-12(2)21-10-22-18(11)23-7-13-6-14(8-23)24(13)9-15-16(19)4-3-5-17(15)20/h3-5,10,13-14H,6-9H2,1-2H3. The van der Waals surface area contributed by atoms with Crippen molar-refractivity contribution in [2.45, 2.75) is 38.9 Å². The molecule has 6 heteroatoms. The lowest BCUT2D eigenvalue weighted by atomic mass is 9.86. The Labute approximate surface area is 146 Å². The minimum absolute atomic E-state index is 0.216. The normalized spacial score (nSPS) is 23.2. The van der Waals surface area contributed by atoms with Crippen LogP contribution < -0.4 is 4.90 Å². The molecule has 1 aromatic carbocycles. The van der Waals surface area contributed by atoms with Crippen LogP contribution in [0.2, 0.25) is 5.02 Å². The maximum Gasteiger partial charge on any atom is 0.135 e. The Kier molecular flexibility index (Phi) is 3.93. The van der Waals surface area contributed by atoms with E-state index in [0.29, 0.717) is 29.2 Å². The van der Waals surface area contributed by atoms with Crippen molar-refractivity contribution in [3.05, 3.63) is 52.2 Å². The fourth-order valence-corrected chi connectivity index (χ4v) is 4.05. The second-order valence-electron chi connectivity index (χ2n) is 6.73. The zero-order valence-corrected chi connectivity index (χ0v) is 14.6. The van der Waals surface area contributed by atoms with Crippen LogP contribution in [0.4, 0.5) is 10.2 Å². The van der Waals surface area contributed by atoms with Gasteiger partial charge in [0.15, 0.2) is 0 Å². The third-order valence-electron chi connectivity index (χ3n) is 5.36. The Morgan fingerprint density at radius 2 is 1.96 bits per heavy atom. The smallest absolute Gasteiger partial charge is 0.135 e. The fourth-order valence-electron chi connectivity index (χ4n) is 3.83. The lowest BCUT2D eigenvalue weighted by Gasteiger charge is -2.57. The largest absolute Gasteiger partial charge is 0.353 e. The van der Waals surface area contributed by atoms with Crippen molar-refractivity contribution in [3.8, 4) is 0 Å². The molecule has 24 heavy (non-hydrogen) atoms. The van der Waals surface area contributed by atoms with Crippen molar-refractivity contribution < 1.29 is 4.39 Å². The van der Waals surface area contributed by atoms with Crippen LogP contribution >= 0.6 is 11.6 Å². The van der Waals surface area contributed by atoms with Crippen LogP contribution in [0.5, 0.6) is 0 Å². The summed E-state index contributed by atoms with van der Waals surface area (Å²) in [6.45, 7) is 6.50. The Balaban J connectivity index is 1.50. The van der Waals surface area contributed by atoms with Gasteiger partial charge in [0.1, 0.15) is 18.0 Å². The van der Waals surface area contributed by atoms with Gasteiger partial charge in [0, 0.05) is 53.6 Å². The van der Waals surface area contributed by atoms with Crippen LogP contribution in [0.15, 0.2) is 24.5 Å². The molecule has 0 spiro atoms. The average Bonchev–Trinajstić information content (AvgIpc) is 2.57. The minimum atomic E-state index is -0.216. The van der Waals surface area contributed by atoms with E-state index in [9.17, 15) is 4.39 Å². The summed E-state index contributed by atoms with van der Waals surface area (Å²) in [7, 11) is 0. The highest BCUT2D eigenvalue weighted by Crippen LogP contribution is 2.37. The number of anilines is 1. The van der Waals surface area contributed by atoms with E-state index in [-0.39, 0.29) is 5.82 Å². The molecule has 0 saturated carbocycles. The molecule has 3 saturated heterocycles. The number of aromatic nitrogens is 2. The molecule has 0 radical (unpaired) electrons. The van der Waals surface area contributed by atoms with E-state index in [2.05, 4.69) is 26.7 Å². The Morgan fingerprint density at radius 1 is 1.21 bits per heavy atom. The van der Waals surface area contributed by atoms with Crippen LogP contribution in [-0.2, 0) is 6.54 Å². The number of piperidine rings is 1. The molecule has 3 aliphatic rings. The summed E-state index contributed by atoms with van der Waals surface area (Å²) in [6.07, 6.45) is 2.79. The maximum atomic E-state index is 14.0. The van der Waals surface area contributed by atoms with Crippen LogP contribution in [0.3, 0.4) is 0 Å². The van der Waals surface area contributed by atoms with Crippen molar-refractivity contribution in [2.75, 3.05) is 18.0 Å². The van der Waals surface area contributed by atoms with E-state index in [0.717, 1.165) is 36.6 Å². The van der Waals surface area contributed by atoms with Crippen molar-refractivity contribution in [1.82, 2.24) is 14.9 Å². The highest BCUT2D eigenvalue weighted by Gasteiger charge is 2.45. The number of halogens is 2. The van der Waals surface area contributed by atoms with Gasteiger partial charge in [-0.05, 0) is 32.4 Å². The van der Waals surface area contributed by atoms with Crippen molar-refractivity contribution >= 4 is 17.4 Å². The van der Waals surface area contributed by atoms with E-state index in [1.165, 1.54) is 6.07 Å². The molecule has 4 heterocycles. The number of benzene rings is 1. The molecule has 2 unspecified atom stereocenters. The molecule has 0 N–H and O–H groups in total. The van der Waals surface area contributed by atoms with Gasteiger partial charge >= 0.3 is 0 Å². The topological polar surface area (TPSA) is 32.3 Å². The third-order valence-corrected chi connectivity index (χ3v) is 5.71. The molecule has 3 fully saturated rings. The number of hydrogen-bond acceptors (Lipinski definition) is 4. The maximum absolute atomic E-state index is 14.0. The average molecular weight is 347 g/mol. The number of nitrogens with zero attached hydrogens (tertiary/aromatic N) is 4. The third kappa shape index (κ3) is 2.56. The summed E-state index contributed by atoms with van der Waals surface area (Å²) in [5.41, 5.74) is 2.77. The van der Waals surface area contributed by atoms with Crippen LogP contribution in [0, 0.1) is 19.7 Å². The molecule has 4 nitrogen and oxygen atoms in total. The number of rotatable bonds is 3. The zero-order chi connectivity index (χ0) is 16.8. The first kappa shape index (κ1) is 15.8. The number of fused-ring (bicyclic) bond motifs is 2. The van der Waals surface area contributed by atoms with Gasteiger partial charge in [-0.25, -0.2) is 14.4 Å². The number of piperazine rings is 1. The van der Waals surface area contributed by atoms with Crippen molar-refractivity contribution in [2.24, 2.45) is 0 Å². The number of aryl methyl sites for hydroxylation is 1. The van der Waals surface area contributed by atoms with Gasteiger partial charge in [-0.1, -0.05) is 17.7 Å². The minimum Gasteiger partial charge on any atom is -0.353 e. The molecule has 2 aromatic rings. The van der Waals surface area contributed by atoms with Gasteiger partial charge in [0.2, 0.25) is 0 Å². The summed E-state index contributed by atoms with van der Waals surface area (Å²) in [5.74, 6) is 0.812. The second-order valence-corrected chi connectivity index (χ2v) is 7.14. The first-order valence-corrected chi connectivity index (χ1v) is 8.64. The number of hydrogen-bond donors (Lipinski definition) is 0. The Morgan fingerprint density at radius 3 is 2.67 bits per heavy atom. The first-order chi connectivity index (χ1) is 11.5. The SMILES string of the molecule is Cc1ncnc(N2CC3CC(C2)N3Cc2c(F)cccc2Cl)c1C. The summed E-state index contributed by atoms with van der Waals surface area (Å²) >= 11 is 6.18. The molecule has 5 rings (SSSR count). The Hall–Kier alpha value is -1.72. The molecular formula is C18H20ClFN4. The summed E-state index contributed by atoms with van der Waals surface area (Å²) < 4.78 is 14.0. The second kappa shape index (κ2) is 5.97. The molecule has 1 aromatic heterocycles. The van der Waals surface area contributed by atoms with E-state index in [4.69, 9.17) is 11.6 Å². The molecule has 0 aliphatic carbocycles. The van der Waals surface area contributed by atoms with Crippen molar-refractivity contribution in [1.29, 1.82) is 0 Å². The van der Waals surface area contributed by atoms with Crippen LogP contribution in [0.25, 0.3) is 0 Å². The molecule has 2 bridgehead atoms. The van der Waals surface area contributed by atoms with Crippen LogP contribution in [0.1, 0.15) is 23.2 Å². The van der Waals surface area contributed by atoms with Gasteiger partial charge in [-0.15, -0.1) is 0 Å². The lowest BCUT2D eigenvalue weighted by molar-refractivity contribution is -0.00948. The van der Waals surface area contributed by atoms with Crippen molar-refractivity contribution in [3.63, 3.8) is 0 Å². The highest BCUT2D eigenvalue weighted by atomic mass is 35.5. The van der Waals surface area contributed by atoms with E-state index in [1.807, 2.05) is 6.92 Å².